The van der Waals surface area contributed by atoms with Crippen LogP contribution in [0.25, 0.3) is 0 Å². The maximum atomic E-state index is 12.5. The van der Waals surface area contributed by atoms with Gasteiger partial charge in [-0.2, -0.15) is 0 Å². The first-order valence-corrected chi connectivity index (χ1v) is 12.2. The maximum absolute atomic E-state index is 12.5. The van der Waals surface area contributed by atoms with E-state index in [9.17, 15) is 13.2 Å². The summed E-state index contributed by atoms with van der Waals surface area (Å²) in [5, 5.41) is 2.83. The van der Waals surface area contributed by atoms with E-state index in [1.165, 1.54) is 0 Å². The Morgan fingerprint density at radius 3 is 2.12 bits per heavy atom. The molecule has 3 aromatic carbocycles. The van der Waals surface area contributed by atoms with Gasteiger partial charge in [0.25, 0.3) is 0 Å². The summed E-state index contributed by atoms with van der Waals surface area (Å²) in [6.45, 7) is 2.56. The first-order chi connectivity index (χ1) is 15.3. The average molecular weight is 453 g/mol. The van der Waals surface area contributed by atoms with Crippen LogP contribution in [-0.4, -0.2) is 33.7 Å². The van der Waals surface area contributed by atoms with Gasteiger partial charge >= 0.3 is 0 Å². The van der Waals surface area contributed by atoms with E-state index in [1.54, 1.807) is 24.3 Å². The van der Waals surface area contributed by atoms with E-state index in [0.717, 1.165) is 21.7 Å². The summed E-state index contributed by atoms with van der Waals surface area (Å²) in [4.78, 5) is 12.5. The van der Waals surface area contributed by atoms with Gasteiger partial charge in [0, 0.05) is 6.54 Å². The van der Waals surface area contributed by atoms with Gasteiger partial charge in [-0.3, -0.25) is 9.10 Å². The zero-order valence-corrected chi connectivity index (χ0v) is 19.1. The first-order valence-electron chi connectivity index (χ1n) is 10.4. The number of nitrogens with zero attached hydrogens (tertiary/aromatic N) is 1. The lowest BCUT2D eigenvalue weighted by Gasteiger charge is -2.22. The molecular formula is C25H28N2O4S. The molecule has 3 aromatic rings. The first kappa shape index (κ1) is 23.3. The Morgan fingerprint density at radius 1 is 0.938 bits per heavy atom. The smallest absolute Gasteiger partial charge is 0.240 e. The molecule has 0 aromatic heterocycles. The molecule has 0 spiro atoms. The summed E-state index contributed by atoms with van der Waals surface area (Å²) in [7, 11) is -3.64. The standard InChI is InChI=1S/C25H28N2O4S/c1-20(22-11-7-4-8-12-22)17-26-25(28)18-27(32(2,29)30)23-13-15-24(16-14-23)31-19-21-9-5-3-6-10-21/h3-16,20H,17-19H2,1-2H3,(H,26,28)/t20-/m1/s1. The molecule has 0 fully saturated rings. The summed E-state index contributed by atoms with van der Waals surface area (Å²) in [5.74, 6) is 0.377. The molecule has 0 aliphatic carbocycles. The molecule has 0 aliphatic rings. The number of anilines is 1. The number of carbonyl (C=O) groups excluding carboxylic acids is 1. The SMILES string of the molecule is C[C@H](CNC(=O)CN(c1ccc(OCc2ccccc2)cc1)S(C)(=O)=O)c1ccccc1. The fraction of sp³-hybridized carbons (Fsp3) is 0.240. The molecule has 6 nitrogen and oxygen atoms in total. The second-order valence-electron chi connectivity index (χ2n) is 7.65. The lowest BCUT2D eigenvalue weighted by Crippen LogP contribution is -2.41. The molecule has 1 N–H and O–H groups in total. The van der Waals surface area contributed by atoms with Crippen molar-refractivity contribution in [1.82, 2.24) is 5.32 Å². The molecule has 168 valence electrons. The molecule has 0 aliphatic heterocycles. The van der Waals surface area contributed by atoms with E-state index in [4.69, 9.17) is 4.74 Å². The Morgan fingerprint density at radius 2 is 1.53 bits per heavy atom. The Hall–Kier alpha value is -3.32. The number of hydrogen-bond acceptors (Lipinski definition) is 4. The van der Waals surface area contributed by atoms with Crippen molar-refractivity contribution >= 4 is 21.6 Å². The minimum absolute atomic E-state index is 0.118. The van der Waals surface area contributed by atoms with Gasteiger partial charge in [-0.15, -0.1) is 0 Å². The van der Waals surface area contributed by atoms with Crippen LogP contribution >= 0.6 is 0 Å². The van der Waals surface area contributed by atoms with Crippen LogP contribution in [0.5, 0.6) is 5.75 Å². The molecule has 0 unspecified atom stereocenters. The van der Waals surface area contributed by atoms with Crippen LogP contribution in [0.15, 0.2) is 84.9 Å². The largest absolute Gasteiger partial charge is 0.489 e. The van der Waals surface area contributed by atoms with E-state index in [2.05, 4.69) is 5.32 Å². The zero-order chi connectivity index (χ0) is 23.0. The van der Waals surface area contributed by atoms with Crippen LogP contribution in [0, 0.1) is 0 Å². The van der Waals surface area contributed by atoms with Crippen LogP contribution in [0.3, 0.4) is 0 Å². The molecule has 0 radical (unpaired) electrons. The van der Waals surface area contributed by atoms with Gasteiger partial charge in [0.2, 0.25) is 15.9 Å². The highest BCUT2D eigenvalue weighted by molar-refractivity contribution is 7.92. The van der Waals surface area contributed by atoms with Gasteiger partial charge < -0.3 is 10.1 Å². The van der Waals surface area contributed by atoms with Crippen molar-refractivity contribution in [3.63, 3.8) is 0 Å². The fourth-order valence-corrected chi connectivity index (χ4v) is 4.06. The van der Waals surface area contributed by atoms with Crippen LogP contribution in [0.4, 0.5) is 5.69 Å². The number of amides is 1. The van der Waals surface area contributed by atoms with Crippen molar-refractivity contribution in [3.8, 4) is 5.75 Å². The molecule has 1 amide bonds. The highest BCUT2D eigenvalue weighted by Gasteiger charge is 2.21. The van der Waals surface area contributed by atoms with Crippen LogP contribution in [0.1, 0.15) is 24.0 Å². The van der Waals surface area contributed by atoms with Gasteiger partial charge in [-0.1, -0.05) is 67.6 Å². The monoisotopic (exact) mass is 452 g/mol. The number of nitrogens with one attached hydrogen (secondary N) is 1. The highest BCUT2D eigenvalue weighted by Crippen LogP contribution is 2.22. The van der Waals surface area contributed by atoms with Crippen LogP contribution in [0.2, 0.25) is 0 Å². The van der Waals surface area contributed by atoms with Crippen LogP contribution < -0.4 is 14.4 Å². The Balaban J connectivity index is 1.60. The minimum Gasteiger partial charge on any atom is -0.489 e. The van der Waals surface area contributed by atoms with Gasteiger partial charge in [0.15, 0.2) is 0 Å². The molecule has 0 saturated heterocycles. The number of benzene rings is 3. The lowest BCUT2D eigenvalue weighted by atomic mass is 10.0. The maximum Gasteiger partial charge on any atom is 0.240 e. The summed E-state index contributed by atoms with van der Waals surface area (Å²) in [6, 6.07) is 26.3. The van der Waals surface area contributed by atoms with E-state index in [-0.39, 0.29) is 18.4 Å². The molecule has 32 heavy (non-hydrogen) atoms. The van der Waals surface area contributed by atoms with Crippen molar-refractivity contribution in [2.24, 2.45) is 0 Å². The second kappa shape index (κ2) is 10.8. The molecule has 0 bridgehead atoms. The molecular weight excluding hydrogens is 424 g/mol. The van der Waals surface area contributed by atoms with Crippen molar-refractivity contribution in [2.75, 3.05) is 23.7 Å². The third-order valence-electron chi connectivity index (χ3n) is 5.03. The fourth-order valence-electron chi connectivity index (χ4n) is 3.20. The minimum atomic E-state index is -3.64. The van der Waals surface area contributed by atoms with Gasteiger partial charge in [0.1, 0.15) is 18.9 Å². The predicted molar refractivity (Wildman–Crippen MR) is 127 cm³/mol. The average Bonchev–Trinajstić information content (AvgIpc) is 2.80. The summed E-state index contributed by atoms with van der Waals surface area (Å²) >= 11 is 0. The molecule has 3 rings (SSSR count). The molecule has 0 heterocycles. The Labute approximate surface area is 189 Å². The van der Waals surface area contributed by atoms with E-state index in [1.807, 2.05) is 67.6 Å². The number of rotatable bonds is 10. The molecule has 0 saturated carbocycles. The number of carbonyl (C=O) groups is 1. The Bertz CT molecular complexity index is 1100. The lowest BCUT2D eigenvalue weighted by molar-refractivity contribution is -0.119. The Kier molecular flexibility index (Phi) is 7.89. The van der Waals surface area contributed by atoms with Crippen molar-refractivity contribution < 1.29 is 17.9 Å². The summed E-state index contributed by atoms with van der Waals surface area (Å²) in [6.07, 6.45) is 1.09. The van der Waals surface area contributed by atoms with E-state index < -0.39 is 10.0 Å². The van der Waals surface area contributed by atoms with E-state index >= 15 is 0 Å². The molecule has 7 heteroatoms. The number of hydrogen-bond donors (Lipinski definition) is 1. The topological polar surface area (TPSA) is 75.7 Å². The second-order valence-corrected chi connectivity index (χ2v) is 9.56. The van der Waals surface area contributed by atoms with Gasteiger partial charge in [0.05, 0.1) is 11.9 Å². The number of sulfonamides is 1. The van der Waals surface area contributed by atoms with E-state index in [0.29, 0.717) is 24.6 Å². The molecule has 1 atom stereocenters. The van der Waals surface area contributed by atoms with Gasteiger partial charge in [-0.25, -0.2) is 8.42 Å². The van der Waals surface area contributed by atoms with Crippen LogP contribution in [-0.2, 0) is 21.4 Å². The van der Waals surface area contributed by atoms with Gasteiger partial charge in [-0.05, 0) is 41.3 Å². The highest BCUT2D eigenvalue weighted by atomic mass is 32.2. The van der Waals surface area contributed by atoms with Crippen molar-refractivity contribution in [1.29, 1.82) is 0 Å². The third-order valence-corrected chi connectivity index (χ3v) is 6.18. The predicted octanol–water partition coefficient (Wildman–Crippen LogP) is 3.95. The quantitative estimate of drug-likeness (QED) is 0.505. The normalized spacial score (nSPS) is 12.1. The summed E-state index contributed by atoms with van der Waals surface area (Å²) in [5.41, 5.74) is 2.56. The van der Waals surface area contributed by atoms with Crippen molar-refractivity contribution in [3.05, 3.63) is 96.1 Å². The zero-order valence-electron chi connectivity index (χ0n) is 18.3. The van der Waals surface area contributed by atoms with Crippen molar-refractivity contribution in [2.45, 2.75) is 19.4 Å². The third kappa shape index (κ3) is 6.85. The number of ether oxygens (including phenoxy) is 1. The summed E-state index contributed by atoms with van der Waals surface area (Å²) < 4.78 is 31.5.